The summed E-state index contributed by atoms with van der Waals surface area (Å²) in [4.78, 5) is 30.0. The Hall–Kier alpha value is -3.00. The van der Waals surface area contributed by atoms with Crippen LogP contribution in [-0.4, -0.2) is 29.9 Å². The number of hydrogen-bond acceptors (Lipinski definition) is 5. The highest BCUT2D eigenvalue weighted by molar-refractivity contribution is 7.22. The molecular formula is C17H12FN3O3S. The topological polar surface area (TPSA) is 71.5 Å². The van der Waals surface area contributed by atoms with E-state index in [9.17, 15) is 14.0 Å². The molecule has 126 valence electrons. The molecule has 3 aromatic rings. The first kappa shape index (κ1) is 15.5. The molecule has 0 fully saturated rings. The molecule has 0 aliphatic carbocycles. The summed E-state index contributed by atoms with van der Waals surface area (Å²) in [6.45, 7) is -0.256. The lowest BCUT2D eigenvalue weighted by atomic mass is 10.2. The summed E-state index contributed by atoms with van der Waals surface area (Å²) in [6.07, 6.45) is 0. The van der Waals surface area contributed by atoms with Gasteiger partial charge in [-0.15, -0.1) is 0 Å². The zero-order valence-corrected chi connectivity index (χ0v) is 13.7. The quantitative estimate of drug-likeness (QED) is 0.782. The van der Waals surface area contributed by atoms with Gasteiger partial charge in [0.05, 0.1) is 15.9 Å². The van der Waals surface area contributed by atoms with E-state index in [1.165, 1.54) is 28.4 Å². The standard InChI is InChI=1S/C17H12FN3O3S/c18-10-5-6-11-14(7-10)25-17(19-11)20-15(22)8-21-12-3-1-2-4-13(12)24-9-16(21)23/h1-7H,8-9H2,(H,19,20,22). The Kier molecular flexibility index (Phi) is 3.81. The van der Waals surface area contributed by atoms with Gasteiger partial charge in [-0.3, -0.25) is 14.5 Å². The van der Waals surface area contributed by atoms with Gasteiger partial charge in [0.15, 0.2) is 11.7 Å². The van der Waals surface area contributed by atoms with Gasteiger partial charge in [-0.2, -0.15) is 0 Å². The van der Waals surface area contributed by atoms with Crippen LogP contribution in [0.2, 0.25) is 0 Å². The molecule has 0 spiro atoms. The SMILES string of the molecule is O=C(CN1C(=O)COc2ccccc21)Nc1nc2ccc(F)cc2s1. The number of thiazole rings is 1. The number of carbonyl (C=O) groups excluding carboxylic acids is 2. The smallest absolute Gasteiger partial charge is 0.265 e. The lowest BCUT2D eigenvalue weighted by Crippen LogP contribution is -2.43. The van der Waals surface area contributed by atoms with Crippen molar-refractivity contribution in [2.45, 2.75) is 0 Å². The fraction of sp³-hybridized carbons (Fsp3) is 0.118. The molecule has 4 rings (SSSR count). The Balaban J connectivity index is 1.52. The van der Waals surface area contributed by atoms with Crippen molar-refractivity contribution >= 4 is 44.2 Å². The van der Waals surface area contributed by atoms with Gasteiger partial charge >= 0.3 is 0 Å². The maximum Gasteiger partial charge on any atom is 0.265 e. The Bertz CT molecular complexity index is 988. The molecule has 0 saturated carbocycles. The lowest BCUT2D eigenvalue weighted by Gasteiger charge is -2.28. The van der Waals surface area contributed by atoms with Gasteiger partial charge in [-0.1, -0.05) is 23.5 Å². The van der Waals surface area contributed by atoms with Crippen LogP contribution in [0.25, 0.3) is 10.2 Å². The Morgan fingerprint density at radius 1 is 1.32 bits per heavy atom. The molecule has 1 aromatic heterocycles. The van der Waals surface area contributed by atoms with E-state index < -0.39 is 0 Å². The third-order valence-electron chi connectivity index (χ3n) is 3.71. The molecule has 2 amide bonds. The molecule has 6 nitrogen and oxygen atoms in total. The van der Waals surface area contributed by atoms with E-state index in [-0.39, 0.29) is 30.8 Å². The largest absolute Gasteiger partial charge is 0.482 e. The maximum atomic E-state index is 13.2. The minimum Gasteiger partial charge on any atom is -0.482 e. The highest BCUT2D eigenvalue weighted by atomic mass is 32.1. The Morgan fingerprint density at radius 2 is 2.16 bits per heavy atom. The molecule has 0 unspecified atom stereocenters. The number of aromatic nitrogens is 1. The predicted molar refractivity (Wildman–Crippen MR) is 92.5 cm³/mol. The van der Waals surface area contributed by atoms with Crippen LogP contribution in [0.4, 0.5) is 15.2 Å². The first-order valence-electron chi connectivity index (χ1n) is 7.48. The van der Waals surface area contributed by atoms with E-state index in [1.54, 1.807) is 30.3 Å². The number of hydrogen-bond donors (Lipinski definition) is 1. The van der Waals surface area contributed by atoms with E-state index in [4.69, 9.17) is 4.74 Å². The third kappa shape index (κ3) is 3.03. The van der Waals surface area contributed by atoms with Crippen molar-refractivity contribution in [1.29, 1.82) is 0 Å². The fourth-order valence-electron chi connectivity index (χ4n) is 2.58. The Morgan fingerprint density at radius 3 is 3.04 bits per heavy atom. The number of rotatable bonds is 3. The molecule has 0 atom stereocenters. The van der Waals surface area contributed by atoms with Crippen LogP contribution in [0.3, 0.4) is 0 Å². The number of carbonyl (C=O) groups is 2. The van der Waals surface area contributed by atoms with Gasteiger partial charge in [-0.25, -0.2) is 9.37 Å². The van der Waals surface area contributed by atoms with E-state index in [0.29, 0.717) is 26.8 Å². The third-order valence-corrected chi connectivity index (χ3v) is 4.64. The van der Waals surface area contributed by atoms with Crippen LogP contribution in [0.15, 0.2) is 42.5 Å². The fourth-order valence-corrected chi connectivity index (χ4v) is 3.49. The van der Waals surface area contributed by atoms with Gasteiger partial charge in [0.2, 0.25) is 5.91 Å². The van der Waals surface area contributed by atoms with Gasteiger partial charge < -0.3 is 10.1 Å². The Labute approximate surface area is 145 Å². The molecule has 2 heterocycles. The summed E-state index contributed by atoms with van der Waals surface area (Å²) in [5, 5.41) is 3.02. The number of fused-ring (bicyclic) bond motifs is 2. The number of halogens is 1. The van der Waals surface area contributed by atoms with Crippen LogP contribution in [0.5, 0.6) is 5.75 Å². The van der Waals surface area contributed by atoms with Crippen molar-refractivity contribution in [2.75, 3.05) is 23.4 Å². The number of ether oxygens (including phenoxy) is 1. The summed E-state index contributed by atoms with van der Waals surface area (Å²) in [6, 6.07) is 11.3. The van der Waals surface area contributed by atoms with Crippen molar-refractivity contribution in [3.63, 3.8) is 0 Å². The van der Waals surface area contributed by atoms with Crippen molar-refractivity contribution in [3.8, 4) is 5.75 Å². The zero-order chi connectivity index (χ0) is 17.4. The number of amides is 2. The number of nitrogens with one attached hydrogen (secondary N) is 1. The monoisotopic (exact) mass is 357 g/mol. The summed E-state index contributed by atoms with van der Waals surface area (Å²) in [5.41, 5.74) is 1.16. The zero-order valence-electron chi connectivity index (χ0n) is 12.9. The summed E-state index contributed by atoms with van der Waals surface area (Å²) in [5.74, 6) is -0.472. The van der Waals surface area contributed by atoms with Crippen molar-refractivity contribution in [2.24, 2.45) is 0 Å². The van der Waals surface area contributed by atoms with Gasteiger partial charge in [0.25, 0.3) is 5.91 Å². The molecule has 1 aliphatic rings. The van der Waals surface area contributed by atoms with Gasteiger partial charge in [0, 0.05) is 0 Å². The molecular weight excluding hydrogens is 345 g/mol. The second-order valence-electron chi connectivity index (χ2n) is 5.42. The second kappa shape index (κ2) is 6.14. The number of anilines is 2. The molecule has 0 saturated heterocycles. The van der Waals surface area contributed by atoms with E-state index in [2.05, 4.69) is 10.3 Å². The van der Waals surface area contributed by atoms with E-state index in [0.717, 1.165) is 0 Å². The number of para-hydroxylation sites is 2. The first-order valence-corrected chi connectivity index (χ1v) is 8.30. The van der Waals surface area contributed by atoms with Crippen molar-refractivity contribution in [3.05, 3.63) is 48.3 Å². The average Bonchev–Trinajstić information content (AvgIpc) is 2.98. The molecule has 25 heavy (non-hydrogen) atoms. The minimum atomic E-state index is -0.385. The minimum absolute atomic E-state index is 0.106. The summed E-state index contributed by atoms with van der Waals surface area (Å²) >= 11 is 1.18. The molecule has 0 bridgehead atoms. The molecule has 1 aliphatic heterocycles. The summed E-state index contributed by atoms with van der Waals surface area (Å²) < 4.78 is 19.2. The maximum absolute atomic E-state index is 13.2. The normalized spacial score (nSPS) is 13.5. The average molecular weight is 357 g/mol. The number of benzene rings is 2. The predicted octanol–water partition coefficient (Wildman–Crippen LogP) is 2.80. The molecule has 0 radical (unpaired) electrons. The van der Waals surface area contributed by atoms with Gasteiger partial charge in [-0.05, 0) is 30.3 Å². The van der Waals surface area contributed by atoms with Crippen LogP contribution < -0.4 is 15.0 Å². The highest BCUT2D eigenvalue weighted by Gasteiger charge is 2.27. The second-order valence-corrected chi connectivity index (χ2v) is 6.45. The van der Waals surface area contributed by atoms with Gasteiger partial charge in [0.1, 0.15) is 18.1 Å². The van der Waals surface area contributed by atoms with E-state index in [1.807, 2.05) is 0 Å². The van der Waals surface area contributed by atoms with Crippen LogP contribution >= 0.6 is 11.3 Å². The first-order chi connectivity index (χ1) is 12.1. The molecule has 8 heteroatoms. The van der Waals surface area contributed by atoms with E-state index >= 15 is 0 Å². The van der Waals surface area contributed by atoms with Crippen molar-refractivity contribution in [1.82, 2.24) is 4.98 Å². The van der Waals surface area contributed by atoms with Crippen LogP contribution in [0, 0.1) is 5.82 Å². The van der Waals surface area contributed by atoms with Crippen molar-refractivity contribution < 1.29 is 18.7 Å². The lowest BCUT2D eigenvalue weighted by molar-refractivity contribution is -0.123. The number of nitrogens with zero attached hydrogens (tertiary/aromatic N) is 2. The molecule has 2 aromatic carbocycles. The van der Waals surface area contributed by atoms with Crippen LogP contribution in [0.1, 0.15) is 0 Å². The molecule has 1 N–H and O–H groups in total. The van der Waals surface area contributed by atoms with Crippen LogP contribution in [-0.2, 0) is 9.59 Å². The highest BCUT2D eigenvalue weighted by Crippen LogP contribution is 2.31. The summed E-state index contributed by atoms with van der Waals surface area (Å²) in [7, 11) is 0.